The summed E-state index contributed by atoms with van der Waals surface area (Å²) in [6.07, 6.45) is 2.47. The fourth-order valence-corrected chi connectivity index (χ4v) is 2.78. The summed E-state index contributed by atoms with van der Waals surface area (Å²) in [6, 6.07) is 4.02. The quantitative estimate of drug-likeness (QED) is 0.735. The van der Waals surface area contributed by atoms with Gasteiger partial charge in [-0.3, -0.25) is 9.48 Å². The van der Waals surface area contributed by atoms with Crippen LogP contribution in [0, 0.1) is 5.82 Å². The van der Waals surface area contributed by atoms with Gasteiger partial charge in [0.15, 0.2) is 0 Å². The van der Waals surface area contributed by atoms with E-state index < -0.39 is 0 Å². The number of hydrogen-bond donors (Lipinski definition) is 0. The number of aromatic nitrogens is 2. The van der Waals surface area contributed by atoms with E-state index in [1.165, 1.54) is 18.2 Å². The van der Waals surface area contributed by atoms with E-state index in [1.807, 2.05) is 6.92 Å². The van der Waals surface area contributed by atoms with Gasteiger partial charge < -0.3 is 0 Å². The number of rotatable bonds is 4. The van der Waals surface area contributed by atoms with Gasteiger partial charge >= 0.3 is 0 Å². The van der Waals surface area contributed by atoms with E-state index in [0.29, 0.717) is 26.7 Å². The molecule has 1 aromatic carbocycles. The number of carbonyl (C=O) groups is 1. The average Bonchev–Trinajstić information content (AvgIpc) is 2.70. The van der Waals surface area contributed by atoms with Gasteiger partial charge in [0.05, 0.1) is 10.7 Å². The van der Waals surface area contributed by atoms with E-state index in [-0.39, 0.29) is 11.6 Å². The van der Waals surface area contributed by atoms with E-state index >= 15 is 0 Å². The highest BCUT2D eigenvalue weighted by atomic mass is 79.9. The molecule has 0 aliphatic heterocycles. The first kappa shape index (κ1) is 14.4. The molecule has 0 fully saturated rings. The molecule has 0 atom stereocenters. The Morgan fingerprint density at radius 1 is 1.37 bits per heavy atom. The molecule has 0 N–H and O–H groups in total. The molecular weight excluding hydrogens is 379 g/mol. The van der Waals surface area contributed by atoms with Crippen LogP contribution in [0.1, 0.15) is 29.4 Å². The largest absolute Gasteiger partial charge is 0.287 e. The summed E-state index contributed by atoms with van der Waals surface area (Å²) in [5, 5.41) is 4.16. The minimum atomic E-state index is -0.385. The molecule has 19 heavy (non-hydrogen) atoms. The van der Waals surface area contributed by atoms with Crippen molar-refractivity contribution in [3.8, 4) is 0 Å². The number of halogens is 3. The van der Waals surface area contributed by atoms with Crippen LogP contribution >= 0.6 is 31.9 Å². The summed E-state index contributed by atoms with van der Waals surface area (Å²) in [5.41, 5.74) is 0.897. The molecule has 0 saturated heterocycles. The van der Waals surface area contributed by atoms with E-state index in [1.54, 1.807) is 10.9 Å². The van der Waals surface area contributed by atoms with Gasteiger partial charge in [-0.25, -0.2) is 4.39 Å². The molecular formula is C13H11Br2FN2O. The van der Waals surface area contributed by atoms with E-state index in [0.717, 1.165) is 6.42 Å². The molecule has 100 valence electrons. The topological polar surface area (TPSA) is 34.9 Å². The number of benzene rings is 1. The highest BCUT2D eigenvalue weighted by Gasteiger charge is 2.20. The fraction of sp³-hybridized carbons (Fsp3) is 0.231. The van der Waals surface area contributed by atoms with Crippen LogP contribution in [0.5, 0.6) is 0 Å². The Labute approximate surface area is 127 Å². The first-order valence-corrected chi connectivity index (χ1v) is 7.34. The van der Waals surface area contributed by atoms with Gasteiger partial charge in [0.1, 0.15) is 11.5 Å². The molecule has 3 nitrogen and oxygen atoms in total. The second-order valence-corrected chi connectivity index (χ2v) is 5.73. The normalized spacial score (nSPS) is 10.7. The molecule has 1 aromatic heterocycles. The molecule has 6 heteroatoms. The van der Waals surface area contributed by atoms with Crippen LogP contribution in [0.25, 0.3) is 0 Å². The zero-order chi connectivity index (χ0) is 14.0. The molecule has 0 aliphatic rings. The molecule has 2 rings (SSSR count). The summed E-state index contributed by atoms with van der Waals surface area (Å²) >= 11 is 6.55. The van der Waals surface area contributed by atoms with Crippen molar-refractivity contribution in [1.29, 1.82) is 0 Å². The summed E-state index contributed by atoms with van der Waals surface area (Å²) in [4.78, 5) is 12.5. The van der Waals surface area contributed by atoms with Crippen LogP contribution in [-0.4, -0.2) is 15.6 Å². The Bertz CT molecular complexity index is 625. The van der Waals surface area contributed by atoms with Crippen LogP contribution in [0.2, 0.25) is 0 Å². The lowest BCUT2D eigenvalue weighted by Gasteiger charge is -2.07. The third-order valence-electron chi connectivity index (χ3n) is 2.62. The number of nitrogens with zero attached hydrogens (tertiary/aromatic N) is 2. The number of ketones is 1. The Kier molecular flexibility index (Phi) is 4.52. The highest BCUT2D eigenvalue weighted by molar-refractivity contribution is 9.10. The molecule has 0 radical (unpaired) electrons. The van der Waals surface area contributed by atoms with Crippen molar-refractivity contribution < 1.29 is 9.18 Å². The zero-order valence-corrected chi connectivity index (χ0v) is 13.3. The first-order chi connectivity index (χ1) is 9.04. The third kappa shape index (κ3) is 2.95. The maximum absolute atomic E-state index is 13.1. The first-order valence-electron chi connectivity index (χ1n) is 5.75. The van der Waals surface area contributed by atoms with E-state index in [2.05, 4.69) is 37.0 Å². The molecule has 0 spiro atoms. The van der Waals surface area contributed by atoms with Crippen molar-refractivity contribution in [3.05, 3.63) is 50.4 Å². The highest BCUT2D eigenvalue weighted by Crippen LogP contribution is 2.25. The number of aryl methyl sites for hydroxylation is 1. The Balaban J connectivity index is 2.46. The smallest absolute Gasteiger partial charge is 0.213 e. The maximum Gasteiger partial charge on any atom is 0.213 e. The maximum atomic E-state index is 13.1. The van der Waals surface area contributed by atoms with Crippen LogP contribution in [0.15, 0.2) is 33.3 Å². The fourth-order valence-electron chi connectivity index (χ4n) is 1.77. The minimum absolute atomic E-state index is 0.190. The van der Waals surface area contributed by atoms with E-state index in [4.69, 9.17) is 0 Å². The summed E-state index contributed by atoms with van der Waals surface area (Å²) < 4.78 is 15.8. The average molecular weight is 390 g/mol. The molecule has 0 aliphatic carbocycles. The van der Waals surface area contributed by atoms with Gasteiger partial charge in [-0.05, 0) is 56.5 Å². The SMILES string of the molecule is CCCn1ncc(Br)c1C(=O)c1ccc(F)cc1Br. The van der Waals surface area contributed by atoms with Crippen molar-refractivity contribution in [2.24, 2.45) is 0 Å². The van der Waals surface area contributed by atoms with E-state index in [9.17, 15) is 9.18 Å². The lowest BCUT2D eigenvalue weighted by molar-refractivity contribution is 0.102. The lowest BCUT2D eigenvalue weighted by atomic mass is 10.1. The monoisotopic (exact) mass is 388 g/mol. The van der Waals surface area contributed by atoms with Crippen molar-refractivity contribution in [3.63, 3.8) is 0 Å². The standard InChI is InChI=1S/C13H11Br2FN2O/c1-2-5-18-12(11(15)7-17-18)13(19)9-4-3-8(16)6-10(9)14/h3-4,6-7H,2,5H2,1H3. The number of hydrogen-bond acceptors (Lipinski definition) is 2. The van der Waals surface area contributed by atoms with Crippen LogP contribution in [0.3, 0.4) is 0 Å². The van der Waals surface area contributed by atoms with Crippen molar-refractivity contribution in [2.75, 3.05) is 0 Å². The third-order valence-corrected chi connectivity index (χ3v) is 3.86. The second kappa shape index (κ2) is 5.96. The number of carbonyl (C=O) groups excluding carboxylic acids is 1. The molecule has 2 aromatic rings. The van der Waals surface area contributed by atoms with Gasteiger partial charge in [-0.1, -0.05) is 6.92 Å². The molecule has 0 bridgehead atoms. The Morgan fingerprint density at radius 3 is 2.74 bits per heavy atom. The van der Waals surface area contributed by atoms with Crippen LogP contribution in [0.4, 0.5) is 4.39 Å². The van der Waals surface area contributed by atoms with Gasteiger partial charge in [0, 0.05) is 16.6 Å². The molecule has 0 unspecified atom stereocenters. The van der Waals surface area contributed by atoms with Crippen molar-refractivity contribution in [1.82, 2.24) is 9.78 Å². The van der Waals surface area contributed by atoms with Gasteiger partial charge in [-0.2, -0.15) is 5.10 Å². The summed E-state index contributed by atoms with van der Waals surface area (Å²) in [5.74, 6) is -0.575. The van der Waals surface area contributed by atoms with Crippen molar-refractivity contribution in [2.45, 2.75) is 19.9 Å². The lowest BCUT2D eigenvalue weighted by Crippen LogP contribution is -2.12. The Hall–Kier alpha value is -1.01. The Morgan fingerprint density at radius 2 is 2.11 bits per heavy atom. The van der Waals surface area contributed by atoms with Crippen molar-refractivity contribution >= 4 is 37.6 Å². The van der Waals surface area contributed by atoms with Crippen LogP contribution in [-0.2, 0) is 6.54 Å². The second-order valence-electron chi connectivity index (χ2n) is 4.02. The van der Waals surface area contributed by atoms with Gasteiger partial charge in [0.2, 0.25) is 5.78 Å². The van der Waals surface area contributed by atoms with Crippen LogP contribution < -0.4 is 0 Å². The predicted octanol–water partition coefficient (Wildman–Crippen LogP) is 4.19. The molecule has 0 saturated carbocycles. The minimum Gasteiger partial charge on any atom is -0.287 e. The predicted molar refractivity (Wildman–Crippen MR) is 77.8 cm³/mol. The molecule has 0 amide bonds. The summed E-state index contributed by atoms with van der Waals surface area (Å²) in [6.45, 7) is 2.67. The van der Waals surface area contributed by atoms with Gasteiger partial charge in [-0.15, -0.1) is 0 Å². The van der Waals surface area contributed by atoms with Gasteiger partial charge in [0.25, 0.3) is 0 Å². The molecule has 1 heterocycles. The summed E-state index contributed by atoms with van der Waals surface area (Å²) in [7, 11) is 0. The zero-order valence-electron chi connectivity index (χ0n) is 10.2.